The van der Waals surface area contributed by atoms with E-state index in [4.69, 9.17) is 9.47 Å². The summed E-state index contributed by atoms with van der Waals surface area (Å²) in [5, 5.41) is 12.4. The lowest BCUT2D eigenvalue weighted by Gasteiger charge is -2.26. The number of hydrogen-bond acceptors (Lipinski definition) is 7. The minimum absolute atomic E-state index is 0.0485. The van der Waals surface area contributed by atoms with Crippen LogP contribution in [-0.4, -0.2) is 62.6 Å². The normalized spacial score (nSPS) is 14.8. The SMILES string of the molecule is Cc1ccc(C(=O)OCC(=O)Nc2ccc(C)c(S(=O)(=O)N3CCOCC3)c2)c(O)c1. The summed E-state index contributed by atoms with van der Waals surface area (Å²) in [5.41, 5.74) is 1.53. The van der Waals surface area contributed by atoms with E-state index in [9.17, 15) is 23.1 Å². The number of carbonyl (C=O) groups excluding carboxylic acids is 2. The Labute approximate surface area is 180 Å². The fourth-order valence-corrected chi connectivity index (χ4v) is 4.76. The van der Waals surface area contributed by atoms with Crippen molar-refractivity contribution in [3.8, 4) is 5.75 Å². The number of rotatable bonds is 6. The van der Waals surface area contributed by atoms with E-state index in [0.29, 0.717) is 18.8 Å². The largest absolute Gasteiger partial charge is 0.507 e. The Morgan fingerprint density at radius 1 is 1.13 bits per heavy atom. The maximum absolute atomic E-state index is 12.9. The number of carbonyl (C=O) groups is 2. The molecule has 9 nitrogen and oxygen atoms in total. The highest BCUT2D eigenvalue weighted by molar-refractivity contribution is 7.89. The second kappa shape index (κ2) is 9.46. The van der Waals surface area contributed by atoms with Crippen LogP contribution >= 0.6 is 0 Å². The number of aromatic hydroxyl groups is 1. The maximum atomic E-state index is 12.9. The van der Waals surface area contributed by atoms with Gasteiger partial charge in [0, 0.05) is 18.8 Å². The number of morpholine rings is 1. The molecule has 1 amide bonds. The molecule has 0 unspecified atom stereocenters. The van der Waals surface area contributed by atoms with Crippen molar-refractivity contribution < 1.29 is 32.6 Å². The van der Waals surface area contributed by atoms with Gasteiger partial charge in [0.05, 0.1) is 18.1 Å². The topological polar surface area (TPSA) is 122 Å². The predicted molar refractivity (Wildman–Crippen MR) is 113 cm³/mol. The van der Waals surface area contributed by atoms with Crippen LogP contribution in [0.4, 0.5) is 5.69 Å². The zero-order valence-corrected chi connectivity index (χ0v) is 18.1. The minimum Gasteiger partial charge on any atom is -0.507 e. The Balaban J connectivity index is 1.66. The molecule has 166 valence electrons. The van der Waals surface area contributed by atoms with Crippen molar-refractivity contribution in [3.05, 3.63) is 53.1 Å². The molecule has 1 heterocycles. The van der Waals surface area contributed by atoms with Crippen LogP contribution in [0.15, 0.2) is 41.3 Å². The molecule has 2 aromatic rings. The van der Waals surface area contributed by atoms with Gasteiger partial charge in [-0.15, -0.1) is 0 Å². The standard InChI is InChI=1S/C21H24N2O7S/c1-14-3-6-17(18(24)11-14)21(26)30-13-20(25)22-16-5-4-15(2)19(12-16)31(27,28)23-7-9-29-10-8-23/h3-6,11-12,24H,7-10,13H2,1-2H3,(H,22,25). The van der Waals surface area contributed by atoms with E-state index in [2.05, 4.69) is 5.32 Å². The van der Waals surface area contributed by atoms with Gasteiger partial charge < -0.3 is 19.9 Å². The van der Waals surface area contributed by atoms with Crippen molar-refractivity contribution in [2.75, 3.05) is 38.2 Å². The minimum atomic E-state index is -3.73. The van der Waals surface area contributed by atoms with Gasteiger partial charge in [-0.05, 0) is 49.2 Å². The summed E-state index contributed by atoms with van der Waals surface area (Å²) in [5.74, 6) is -1.72. The number of amides is 1. The van der Waals surface area contributed by atoms with Crippen molar-refractivity contribution in [3.63, 3.8) is 0 Å². The third-order valence-electron chi connectivity index (χ3n) is 4.77. The van der Waals surface area contributed by atoms with Crippen LogP contribution in [-0.2, 0) is 24.3 Å². The predicted octanol–water partition coefficient (Wildman–Crippen LogP) is 1.83. The molecule has 0 spiro atoms. The summed E-state index contributed by atoms with van der Waals surface area (Å²) in [6.07, 6.45) is 0. The summed E-state index contributed by atoms with van der Waals surface area (Å²) in [6, 6.07) is 9.01. The summed E-state index contributed by atoms with van der Waals surface area (Å²) in [4.78, 5) is 24.4. The molecule has 1 aliphatic rings. The summed E-state index contributed by atoms with van der Waals surface area (Å²) < 4.78 is 37.4. The number of aryl methyl sites for hydroxylation is 2. The third-order valence-corrected chi connectivity index (χ3v) is 6.81. The molecule has 0 bridgehead atoms. The second-order valence-electron chi connectivity index (χ2n) is 7.14. The van der Waals surface area contributed by atoms with Gasteiger partial charge in [-0.25, -0.2) is 13.2 Å². The van der Waals surface area contributed by atoms with E-state index in [0.717, 1.165) is 5.56 Å². The number of hydrogen-bond donors (Lipinski definition) is 2. The van der Waals surface area contributed by atoms with Gasteiger partial charge in [0.15, 0.2) is 6.61 Å². The lowest BCUT2D eigenvalue weighted by molar-refractivity contribution is -0.119. The van der Waals surface area contributed by atoms with Crippen molar-refractivity contribution in [1.82, 2.24) is 4.31 Å². The summed E-state index contributed by atoms with van der Waals surface area (Å²) >= 11 is 0. The number of anilines is 1. The lowest BCUT2D eigenvalue weighted by atomic mass is 10.1. The molecule has 31 heavy (non-hydrogen) atoms. The van der Waals surface area contributed by atoms with Gasteiger partial charge in [0.1, 0.15) is 11.3 Å². The molecule has 2 aromatic carbocycles. The molecular formula is C21H24N2O7S. The van der Waals surface area contributed by atoms with Crippen molar-refractivity contribution in [2.24, 2.45) is 0 Å². The number of benzene rings is 2. The fraction of sp³-hybridized carbons (Fsp3) is 0.333. The zero-order chi connectivity index (χ0) is 22.6. The average molecular weight is 448 g/mol. The zero-order valence-electron chi connectivity index (χ0n) is 17.3. The van der Waals surface area contributed by atoms with Crippen LogP contribution in [0.1, 0.15) is 21.5 Å². The van der Waals surface area contributed by atoms with Crippen LogP contribution < -0.4 is 5.32 Å². The van der Waals surface area contributed by atoms with E-state index in [-0.39, 0.29) is 35.0 Å². The number of sulfonamides is 1. The van der Waals surface area contributed by atoms with Gasteiger partial charge in [0.25, 0.3) is 5.91 Å². The monoisotopic (exact) mass is 448 g/mol. The van der Waals surface area contributed by atoms with E-state index in [1.54, 1.807) is 32.0 Å². The Hall–Kier alpha value is -2.95. The molecule has 0 atom stereocenters. The van der Waals surface area contributed by atoms with Crippen LogP contribution in [0.2, 0.25) is 0 Å². The molecule has 1 fully saturated rings. The molecule has 0 radical (unpaired) electrons. The molecular weight excluding hydrogens is 424 g/mol. The highest BCUT2D eigenvalue weighted by Crippen LogP contribution is 2.24. The first-order chi connectivity index (χ1) is 14.7. The molecule has 3 rings (SSSR count). The Morgan fingerprint density at radius 3 is 2.52 bits per heavy atom. The smallest absolute Gasteiger partial charge is 0.342 e. The lowest BCUT2D eigenvalue weighted by Crippen LogP contribution is -2.40. The van der Waals surface area contributed by atoms with E-state index < -0.39 is 28.5 Å². The summed E-state index contributed by atoms with van der Waals surface area (Å²) in [6.45, 7) is 4.03. The third kappa shape index (κ3) is 5.40. The van der Waals surface area contributed by atoms with E-state index in [1.165, 1.54) is 22.5 Å². The molecule has 2 N–H and O–H groups in total. The Kier molecular flexibility index (Phi) is 6.94. The first-order valence-corrected chi connectivity index (χ1v) is 11.1. The highest BCUT2D eigenvalue weighted by Gasteiger charge is 2.28. The van der Waals surface area contributed by atoms with Crippen LogP contribution in [0.25, 0.3) is 0 Å². The van der Waals surface area contributed by atoms with Crippen molar-refractivity contribution >= 4 is 27.6 Å². The molecule has 0 aromatic heterocycles. The maximum Gasteiger partial charge on any atom is 0.342 e. The molecule has 0 saturated carbocycles. The van der Waals surface area contributed by atoms with Crippen LogP contribution in [0.3, 0.4) is 0 Å². The number of nitrogens with one attached hydrogen (secondary N) is 1. The van der Waals surface area contributed by atoms with Gasteiger partial charge in [-0.2, -0.15) is 4.31 Å². The molecule has 0 aliphatic carbocycles. The van der Waals surface area contributed by atoms with Gasteiger partial charge in [-0.1, -0.05) is 12.1 Å². The van der Waals surface area contributed by atoms with Crippen LogP contribution in [0.5, 0.6) is 5.75 Å². The number of phenolic OH excluding ortho intramolecular Hbond substituents is 1. The number of esters is 1. The molecule has 1 saturated heterocycles. The average Bonchev–Trinajstić information content (AvgIpc) is 2.74. The van der Waals surface area contributed by atoms with Gasteiger partial charge >= 0.3 is 5.97 Å². The Morgan fingerprint density at radius 2 is 1.84 bits per heavy atom. The second-order valence-corrected chi connectivity index (χ2v) is 9.05. The Bertz CT molecular complexity index is 1090. The van der Waals surface area contributed by atoms with Gasteiger partial charge in [-0.3, -0.25) is 4.79 Å². The van der Waals surface area contributed by atoms with Crippen molar-refractivity contribution in [2.45, 2.75) is 18.7 Å². The van der Waals surface area contributed by atoms with Gasteiger partial charge in [0.2, 0.25) is 10.0 Å². The van der Waals surface area contributed by atoms with E-state index >= 15 is 0 Å². The highest BCUT2D eigenvalue weighted by atomic mass is 32.2. The first-order valence-electron chi connectivity index (χ1n) is 9.63. The number of phenols is 1. The molecule has 1 aliphatic heterocycles. The quantitative estimate of drug-likeness (QED) is 0.647. The number of nitrogens with zero attached hydrogens (tertiary/aromatic N) is 1. The van der Waals surface area contributed by atoms with Crippen molar-refractivity contribution in [1.29, 1.82) is 0 Å². The first kappa shape index (κ1) is 22.7. The number of ether oxygens (including phenoxy) is 2. The molecule has 10 heteroatoms. The van der Waals surface area contributed by atoms with Crippen LogP contribution in [0, 0.1) is 13.8 Å². The summed E-state index contributed by atoms with van der Waals surface area (Å²) in [7, 11) is -3.73. The van der Waals surface area contributed by atoms with E-state index in [1.807, 2.05) is 0 Å². The fourth-order valence-electron chi connectivity index (χ4n) is 3.10.